The molecule has 21 heavy (non-hydrogen) atoms. The fourth-order valence-corrected chi connectivity index (χ4v) is 2.18. The molecular weight excluding hydrogens is 270 g/mol. The number of nitrogens with one attached hydrogen (secondary N) is 1. The van der Waals surface area contributed by atoms with Gasteiger partial charge in [-0.25, -0.2) is 0 Å². The molecule has 0 atom stereocenters. The van der Waals surface area contributed by atoms with E-state index >= 15 is 0 Å². The average molecular weight is 297 g/mol. The molecule has 0 saturated carbocycles. The van der Waals surface area contributed by atoms with E-state index in [0.29, 0.717) is 18.9 Å². The topological polar surface area (TPSA) is 49.0 Å². The highest BCUT2D eigenvalue weighted by Gasteiger charge is 2.18. The van der Waals surface area contributed by atoms with Gasteiger partial charge < -0.3 is 24.3 Å². The summed E-state index contributed by atoms with van der Waals surface area (Å²) in [5.74, 6) is 2.20. The summed E-state index contributed by atoms with van der Waals surface area (Å²) in [6, 6.07) is 3.71. The van der Waals surface area contributed by atoms with E-state index in [9.17, 15) is 0 Å². The standard InChI is InChI=1S/C16H27NO4/c1-7-21-16(2,3)11-17-10-13-14(19-5)8-12(18-4)9-15(13)20-6/h8-9,17H,7,10-11H2,1-6H3. The van der Waals surface area contributed by atoms with Crippen LogP contribution >= 0.6 is 0 Å². The second kappa shape index (κ2) is 8.10. The Balaban J connectivity index is 2.82. The molecule has 1 aromatic carbocycles. The van der Waals surface area contributed by atoms with Crippen molar-refractivity contribution in [1.82, 2.24) is 5.32 Å². The molecule has 120 valence electrons. The highest BCUT2D eigenvalue weighted by molar-refractivity contribution is 5.50. The van der Waals surface area contributed by atoms with Crippen molar-refractivity contribution in [2.75, 3.05) is 34.5 Å². The maximum Gasteiger partial charge on any atom is 0.130 e. The number of rotatable bonds is 9. The van der Waals surface area contributed by atoms with Crippen LogP contribution in [-0.4, -0.2) is 40.1 Å². The van der Waals surface area contributed by atoms with Gasteiger partial charge in [0.25, 0.3) is 0 Å². The van der Waals surface area contributed by atoms with Crippen molar-refractivity contribution >= 4 is 0 Å². The first kappa shape index (κ1) is 17.6. The minimum Gasteiger partial charge on any atom is -0.496 e. The van der Waals surface area contributed by atoms with Crippen LogP contribution in [0.25, 0.3) is 0 Å². The highest BCUT2D eigenvalue weighted by Crippen LogP contribution is 2.33. The predicted molar refractivity (Wildman–Crippen MR) is 83.5 cm³/mol. The first-order chi connectivity index (χ1) is 9.97. The van der Waals surface area contributed by atoms with Crippen molar-refractivity contribution in [3.05, 3.63) is 17.7 Å². The Hall–Kier alpha value is -1.46. The minimum atomic E-state index is -0.207. The van der Waals surface area contributed by atoms with Gasteiger partial charge in [-0.05, 0) is 20.8 Å². The number of ether oxygens (including phenoxy) is 4. The molecule has 0 aliphatic heterocycles. The summed E-state index contributed by atoms with van der Waals surface area (Å²) in [5, 5.41) is 3.39. The normalized spacial score (nSPS) is 11.3. The first-order valence-electron chi connectivity index (χ1n) is 7.11. The monoisotopic (exact) mass is 297 g/mol. The minimum absolute atomic E-state index is 0.207. The summed E-state index contributed by atoms with van der Waals surface area (Å²) in [6.45, 7) is 8.19. The smallest absolute Gasteiger partial charge is 0.130 e. The molecule has 0 heterocycles. The van der Waals surface area contributed by atoms with Gasteiger partial charge in [0.15, 0.2) is 0 Å². The van der Waals surface area contributed by atoms with E-state index in [0.717, 1.165) is 23.6 Å². The van der Waals surface area contributed by atoms with Gasteiger partial charge in [-0.3, -0.25) is 0 Å². The third-order valence-electron chi connectivity index (χ3n) is 3.20. The molecule has 0 aliphatic carbocycles. The van der Waals surface area contributed by atoms with Crippen molar-refractivity contribution in [3.63, 3.8) is 0 Å². The third-order valence-corrected chi connectivity index (χ3v) is 3.20. The van der Waals surface area contributed by atoms with E-state index in [4.69, 9.17) is 18.9 Å². The van der Waals surface area contributed by atoms with Gasteiger partial charge in [-0.1, -0.05) is 0 Å². The molecular formula is C16H27NO4. The average Bonchev–Trinajstić information content (AvgIpc) is 2.46. The fraction of sp³-hybridized carbons (Fsp3) is 0.625. The lowest BCUT2D eigenvalue weighted by Gasteiger charge is -2.25. The molecule has 0 unspecified atom stereocenters. The molecule has 1 aromatic rings. The fourth-order valence-electron chi connectivity index (χ4n) is 2.18. The van der Waals surface area contributed by atoms with Crippen LogP contribution in [0.3, 0.4) is 0 Å². The van der Waals surface area contributed by atoms with E-state index in [2.05, 4.69) is 19.2 Å². The van der Waals surface area contributed by atoms with E-state index in [1.165, 1.54) is 0 Å². The molecule has 0 aliphatic rings. The molecule has 0 spiro atoms. The van der Waals surface area contributed by atoms with E-state index in [1.807, 2.05) is 19.1 Å². The van der Waals surface area contributed by atoms with Gasteiger partial charge >= 0.3 is 0 Å². The van der Waals surface area contributed by atoms with E-state index in [-0.39, 0.29) is 5.60 Å². The van der Waals surface area contributed by atoms with Crippen molar-refractivity contribution in [3.8, 4) is 17.2 Å². The second-order valence-electron chi connectivity index (χ2n) is 5.31. The maximum atomic E-state index is 5.67. The Bertz CT molecular complexity index is 421. The van der Waals surface area contributed by atoms with Gasteiger partial charge in [-0.2, -0.15) is 0 Å². The summed E-state index contributed by atoms with van der Waals surface area (Å²) in [6.07, 6.45) is 0. The molecule has 0 fully saturated rings. The van der Waals surface area contributed by atoms with Gasteiger partial charge in [0.1, 0.15) is 17.2 Å². The lowest BCUT2D eigenvalue weighted by molar-refractivity contribution is -0.00903. The molecule has 0 radical (unpaired) electrons. The molecule has 0 saturated heterocycles. The molecule has 0 bridgehead atoms. The predicted octanol–water partition coefficient (Wildman–Crippen LogP) is 2.62. The quantitative estimate of drug-likeness (QED) is 0.759. The molecule has 1 rings (SSSR count). The number of benzene rings is 1. The van der Waals surface area contributed by atoms with Gasteiger partial charge in [0, 0.05) is 31.8 Å². The van der Waals surface area contributed by atoms with Crippen molar-refractivity contribution in [1.29, 1.82) is 0 Å². The maximum absolute atomic E-state index is 5.67. The van der Waals surface area contributed by atoms with E-state index < -0.39 is 0 Å². The number of hydrogen-bond acceptors (Lipinski definition) is 5. The molecule has 0 amide bonds. The molecule has 5 nitrogen and oxygen atoms in total. The SMILES string of the molecule is CCOC(C)(C)CNCc1c(OC)cc(OC)cc1OC. The second-order valence-corrected chi connectivity index (χ2v) is 5.31. The lowest BCUT2D eigenvalue weighted by atomic mass is 10.1. The van der Waals surface area contributed by atoms with E-state index in [1.54, 1.807) is 21.3 Å². The van der Waals surface area contributed by atoms with Crippen molar-refractivity contribution < 1.29 is 18.9 Å². The van der Waals surface area contributed by atoms with Crippen LogP contribution < -0.4 is 19.5 Å². The van der Waals surface area contributed by atoms with Crippen LogP contribution in [0.1, 0.15) is 26.3 Å². The Morgan fingerprint density at radius 3 is 2.00 bits per heavy atom. The number of methoxy groups -OCH3 is 3. The third kappa shape index (κ3) is 5.10. The van der Waals surface area contributed by atoms with Crippen LogP contribution in [0, 0.1) is 0 Å². The Kier molecular flexibility index (Phi) is 6.78. The van der Waals surface area contributed by atoms with Crippen LogP contribution in [0.2, 0.25) is 0 Å². The summed E-state index contributed by atoms with van der Waals surface area (Å²) in [7, 11) is 4.90. The summed E-state index contributed by atoms with van der Waals surface area (Å²) in [5.41, 5.74) is 0.759. The van der Waals surface area contributed by atoms with Crippen molar-refractivity contribution in [2.45, 2.75) is 32.9 Å². The Morgan fingerprint density at radius 2 is 1.57 bits per heavy atom. The summed E-state index contributed by atoms with van der Waals surface area (Å²) >= 11 is 0. The lowest BCUT2D eigenvalue weighted by Crippen LogP contribution is -2.37. The zero-order valence-corrected chi connectivity index (χ0v) is 13.9. The van der Waals surface area contributed by atoms with Crippen molar-refractivity contribution in [2.24, 2.45) is 0 Å². The van der Waals surface area contributed by atoms with Crippen LogP contribution in [-0.2, 0) is 11.3 Å². The van der Waals surface area contributed by atoms with Crippen LogP contribution in [0.4, 0.5) is 0 Å². The largest absolute Gasteiger partial charge is 0.496 e. The number of hydrogen-bond donors (Lipinski definition) is 1. The highest BCUT2D eigenvalue weighted by atomic mass is 16.5. The van der Waals surface area contributed by atoms with Gasteiger partial charge in [-0.15, -0.1) is 0 Å². The first-order valence-corrected chi connectivity index (χ1v) is 7.11. The zero-order valence-electron chi connectivity index (χ0n) is 13.9. The molecule has 1 N–H and O–H groups in total. The summed E-state index contributed by atoms with van der Waals surface area (Å²) < 4.78 is 21.8. The molecule has 5 heteroatoms. The molecule has 0 aromatic heterocycles. The summed E-state index contributed by atoms with van der Waals surface area (Å²) in [4.78, 5) is 0. The van der Waals surface area contributed by atoms with Crippen LogP contribution in [0.15, 0.2) is 12.1 Å². The Morgan fingerprint density at radius 1 is 1.00 bits per heavy atom. The van der Waals surface area contributed by atoms with Gasteiger partial charge in [0.05, 0.1) is 32.5 Å². The van der Waals surface area contributed by atoms with Crippen LogP contribution in [0.5, 0.6) is 17.2 Å². The Labute approximate surface area is 127 Å². The van der Waals surface area contributed by atoms with Gasteiger partial charge in [0.2, 0.25) is 0 Å². The zero-order chi connectivity index (χ0) is 15.9.